The van der Waals surface area contributed by atoms with Crippen LogP contribution >= 0.6 is 0 Å². The monoisotopic (exact) mass is 171 g/mol. The molecule has 2 atom stereocenters. The van der Waals surface area contributed by atoms with Gasteiger partial charge >= 0.3 is 0 Å². The molecule has 0 aromatic rings. The Morgan fingerprint density at radius 2 is 2.08 bits per heavy atom. The van der Waals surface area contributed by atoms with Crippen molar-refractivity contribution >= 4 is 5.78 Å². The highest BCUT2D eigenvalue weighted by molar-refractivity contribution is 5.82. The van der Waals surface area contributed by atoms with E-state index in [4.69, 9.17) is 0 Å². The third-order valence-electron chi connectivity index (χ3n) is 3.55. The van der Waals surface area contributed by atoms with Crippen LogP contribution in [0.1, 0.15) is 27.2 Å². The van der Waals surface area contributed by atoms with Crippen LogP contribution in [0.3, 0.4) is 0 Å². The molecule has 12 heavy (non-hydrogen) atoms. The zero-order valence-electron chi connectivity index (χ0n) is 8.26. The molecule has 0 aromatic heterocycles. The summed E-state index contributed by atoms with van der Waals surface area (Å²) in [6.45, 7) is 6.04. The number of rotatable bonds is 0. The van der Waals surface area contributed by atoms with E-state index in [2.05, 4.69) is 0 Å². The van der Waals surface area contributed by atoms with Crippen LogP contribution in [0, 0.1) is 11.1 Å². The molecule has 0 spiro atoms. The Labute approximate surface area is 73.5 Å². The van der Waals surface area contributed by atoms with Gasteiger partial charge in [-0.1, -0.05) is 0 Å². The zero-order valence-corrected chi connectivity index (χ0v) is 8.26. The summed E-state index contributed by atoms with van der Waals surface area (Å²) in [5.74, 6) is 0.111. The lowest BCUT2D eigenvalue weighted by Gasteiger charge is -2.56. The van der Waals surface area contributed by atoms with E-state index in [1.54, 1.807) is 7.05 Å². The van der Waals surface area contributed by atoms with Gasteiger partial charge in [0.05, 0.1) is 25.9 Å². The third kappa shape index (κ3) is 1.17. The summed E-state index contributed by atoms with van der Waals surface area (Å²) in [7, 11) is 1.66. The molecule has 70 valence electrons. The molecule has 1 aliphatic heterocycles. The van der Waals surface area contributed by atoms with Gasteiger partial charge in [-0.3, -0.25) is 4.79 Å². The van der Waals surface area contributed by atoms with E-state index >= 15 is 0 Å². The smallest absolute Gasteiger partial charge is 0.147 e. The number of likely N-dealkylation sites (tertiary alicyclic amines) is 1. The fourth-order valence-electron chi connectivity index (χ4n) is 1.63. The van der Waals surface area contributed by atoms with Crippen molar-refractivity contribution < 1.29 is 9.44 Å². The van der Waals surface area contributed by atoms with Gasteiger partial charge in [-0.15, -0.1) is 0 Å². The Morgan fingerprint density at radius 3 is 2.50 bits per heavy atom. The number of piperidine rings is 1. The first-order valence-corrected chi connectivity index (χ1v) is 4.38. The van der Waals surface area contributed by atoms with Crippen LogP contribution in [-0.4, -0.2) is 29.6 Å². The summed E-state index contributed by atoms with van der Waals surface area (Å²) in [6.07, 6.45) is 0.435. The first kappa shape index (κ1) is 9.68. The average Bonchev–Trinajstić information content (AvgIpc) is 1.96. The van der Waals surface area contributed by atoms with Gasteiger partial charge in [0, 0.05) is 0 Å². The summed E-state index contributed by atoms with van der Waals surface area (Å²) in [5.41, 5.74) is -0.463. The van der Waals surface area contributed by atoms with Crippen molar-refractivity contribution in [3.05, 3.63) is 5.21 Å². The first-order chi connectivity index (χ1) is 5.29. The maximum absolute atomic E-state index is 11.9. The maximum atomic E-state index is 11.9. The van der Waals surface area contributed by atoms with Crippen molar-refractivity contribution in [1.82, 2.24) is 0 Å². The molecule has 1 rings (SSSR count). The Hall–Kier alpha value is -0.410. The van der Waals surface area contributed by atoms with Gasteiger partial charge in [0.25, 0.3) is 0 Å². The van der Waals surface area contributed by atoms with E-state index < -0.39 is 5.54 Å². The summed E-state index contributed by atoms with van der Waals surface area (Å²) in [6, 6.07) is 0. The number of hydrogen-bond acceptors (Lipinski definition) is 2. The van der Waals surface area contributed by atoms with Crippen molar-refractivity contribution in [3.8, 4) is 0 Å². The second kappa shape index (κ2) is 2.54. The van der Waals surface area contributed by atoms with E-state index in [1.165, 1.54) is 0 Å². The molecule has 0 aliphatic carbocycles. The topological polar surface area (TPSA) is 40.1 Å². The molecular weight excluding hydrogens is 154 g/mol. The second-order valence-corrected chi connectivity index (χ2v) is 4.42. The highest BCUT2D eigenvalue weighted by Gasteiger charge is 2.46. The Bertz CT molecular complexity index is 209. The highest BCUT2D eigenvalue weighted by atomic mass is 16.5. The summed E-state index contributed by atoms with van der Waals surface area (Å²) >= 11 is 0. The molecule has 1 fully saturated rings. The molecule has 0 saturated carbocycles. The van der Waals surface area contributed by atoms with E-state index in [1.807, 2.05) is 20.8 Å². The SMILES string of the molecule is CC1C(=O)CC[N+](C)([O-])C1(C)C. The van der Waals surface area contributed by atoms with Gasteiger partial charge in [-0.25, -0.2) is 0 Å². The minimum atomic E-state index is -0.463. The van der Waals surface area contributed by atoms with E-state index in [0.717, 1.165) is 0 Å². The third-order valence-corrected chi connectivity index (χ3v) is 3.55. The molecule has 1 heterocycles. The van der Waals surface area contributed by atoms with Gasteiger partial charge < -0.3 is 9.85 Å². The van der Waals surface area contributed by atoms with Crippen LogP contribution in [-0.2, 0) is 4.79 Å². The molecule has 3 nitrogen and oxygen atoms in total. The molecule has 0 aromatic carbocycles. The van der Waals surface area contributed by atoms with Crippen molar-refractivity contribution in [2.24, 2.45) is 5.92 Å². The first-order valence-electron chi connectivity index (χ1n) is 4.38. The number of carbonyl (C=O) groups excluding carboxylic acids is 1. The van der Waals surface area contributed by atoms with Crippen LogP contribution in [0.4, 0.5) is 0 Å². The van der Waals surface area contributed by atoms with Crippen LogP contribution in [0.5, 0.6) is 0 Å². The van der Waals surface area contributed by atoms with Gasteiger partial charge in [0.15, 0.2) is 0 Å². The largest absolute Gasteiger partial charge is 0.633 e. The molecule has 2 unspecified atom stereocenters. The fourth-order valence-corrected chi connectivity index (χ4v) is 1.63. The van der Waals surface area contributed by atoms with E-state index in [9.17, 15) is 10.0 Å². The number of ketones is 1. The lowest BCUT2D eigenvalue weighted by molar-refractivity contribution is -0.915. The molecule has 0 bridgehead atoms. The number of nitrogens with zero attached hydrogens (tertiary/aromatic N) is 1. The van der Waals surface area contributed by atoms with Crippen molar-refractivity contribution in [2.75, 3.05) is 13.6 Å². The number of hydrogen-bond donors (Lipinski definition) is 0. The molecular formula is C9H17NO2. The Kier molecular flexibility index (Phi) is 2.05. The number of quaternary nitrogens is 1. The summed E-state index contributed by atoms with van der Waals surface area (Å²) in [5, 5.41) is 11.9. The van der Waals surface area contributed by atoms with Crippen molar-refractivity contribution in [3.63, 3.8) is 0 Å². The number of Topliss-reactive ketones (excluding diaryl/α,β-unsaturated/α-hetero) is 1. The van der Waals surface area contributed by atoms with Crippen LogP contribution in [0.25, 0.3) is 0 Å². The van der Waals surface area contributed by atoms with E-state index in [0.29, 0.717) is 13.0 Å². The number of hydroxylamine groups is 3. The average molecular weight is 171 g/mol. The lowest BCUT2D eigenvalue weighted by Crippen LogP contribution is -2.63. The molecule has 0 amide bonds. The predicted octanol–water partition coefficient (Wildman–Crippen LogP) is 1.32. The van der Waals surface area contributed by atoms with Gasteiger partial charge in [-0.2, -0.15) is 0 Å². The standard InChI is InChI=1S/C9H17NO2/c1-7-8(11)5-6-10(4,12)9(7,2)3/h7H,5-6H2,1-4H3. The minimum absolute atomic E-state index is 0.117. The maximum Gasteiger partial charge on any atom is 0.147 e. The van der Waals surface area contributed by atoms with Gasteiger partial charge in [0.2, 0.25) is 0 Å². The van der Waals surface area contributed by atoms with Crippen LogP contribution in [0.2, 0.25) is 0 Å². The summed E-state index contributed by atoms with van der Waals surface area (Å²) < 4.78 is -0.292. The Balaban J connectivity index is 2.96. The normalized spacial score (nSPS) is 41.4. The van der Waals surface area contributed by atoms with Crippen molar-refractivity contribution in [2.45, 2.75) is 32.7 Å². The van der Waals surface area contributed by atoms with Crippen LogP contribution in [0.15, 0.2) is 0 Å². The summed E-state index contributed by atoms with van der Waals surface area (Å²) in [4.78, 5) is 11.3. The van der Waals surface area contributed by atoms with Gasteiger partial charge in [-0.05, 0) is 20.8 Å². The predicted molar refractivity (Wildman–Crippen MR) is 47.3 cm³/mol. The van der Waals surface area contributed by atoms with Crippen molar-refractivity contribution in [1.29, 1.82) is 0 Å². The van der Waals surface area contributed by atoms with E-state index in [-0.39, 0.29) is 16.3 Å². The Morgan fingerprint density at radius 1 is 1.58 bits per heavy atom. The fraction of sp³-hybridized carbons (Fsp3) is 0.889. The zero-order chi connectivity index (χ0) is 9.57. The molecule has 1 aliphatic rings. The highest BCUT2D eigenvalue weighted by Crippen LogP contribution is 2.34. The lowest BCUT2D eigenvalue weighted by atomic mass is 9.79. The number of carbonyl (C=O) groups is 1. The van der Waals surface area contributed by atoms with Gasteiger partial charge in [0.1, 0.15) is 11.3 Å². The van der Waals surface area contributed by atoms with Crippen LogP contribution < -0.4 is 0 Å². The minimum Gasteiger partial charge on any atom is -0.633 e. The molecule has 1 saturated heterocycles. The quantitative estimate of drug-likeness (QED) is 0.407. The molecule has 3 heteroatoms. The molecule has 0 N–H and O–H groups in total. The molecule has 0 radical (unpaired) electrons. The second-order valence-electron chi connectivity index (χ2n) is 4.42.